The zero-order valence-corrected chi connectivity index (χ0v) is 15.5. The van der Waals surface area contributed by atoms with E-state index in [1.807, 2.05) is 18.2 Å². The average molecular weight is 350 g/mol. The van der Waals surface area contributed by atoms with Gasteiger partial charge in [-0.3, -0.25) is 4.79 Å². The molecule has 0 spiro atoms. The summed E-state index contributed by atoms with van der Waals surface area (Å²) in [5.74, 6) is -0.359. The third-order valence-electron chi connectivity index (χ3n) is 4.39. The van der Waals surface area contributed by atoms with Crippen LogP contribution in [0, 0.1) is 6.92 Å². The molecule has 2 aromatic carbocycles. The highest BCUT2D eigenvalue weighted by atomic mass is 16.5. The van der Waals surface area contributed by atoms with E-state index in [0.717, 1.165) is 42.2 Å². The van der Waals surface area contributed by atoms with Crippen LogP contribution >= 0.6 is 0 Å². The summed E-state index contributed by atoms with van der Waals surface area (Å²) >= 11 is 0. The van der Waals surface area contributed by atoms with Crippen LogP contribution in [0.2, 0.25) is 0 Å². The quantitative estimate of drug-likeness (QED) is 0.346. The minimum absolute atomic E-state index is 0.198. The lowest BCUT2D eigenvalue weighted by Gasteiger charge is -2.14. The summed E-state index contributed by atoms with van der Waals surface area (Å²) in [5, 5.41) is 0. The van der Waals surface area contributed by atoms with Crippen LogP contribution in [0.15, 0.2) is 60.2 Å². The largest absolute Gasteiger partial charge is 0.462 e. The molecule has 0 N–H and O–H groups in total. The van der Waals surface area contributed by atoms with Crippen molar-refractivity contribution in [2.24, 2.45) is 0 Å². The Labute approximate surface area is 155 Å². The molecule has 0 saturated carbocycles. The summed E-state index contributed by atoms with van der Waals surface area (Å²) in [7, 11) is 0. The lowest BCUT2D eigenvalue weighted by molar-refractivity contribution is -0.105. The van der Waals surface area contributed by atoms with Gasteiger partial charge in [-0.25, -0.2) is 4.79 Å². The van der Waals surface area contributed by atoms with Gasteiger partial charge in [0.15, 0.2) is 0 Å². The predicted octanol–water partition coefficient (Wildman–Crippen LogP) is 5.38. The number of allylic oxidation sites excluding steroid dienone is 1. The second-order valence-corrected chi connectivity index (χ2v) is 6.29. The first-order valence-corrected chi connectivity index (χ1v) is 9.12. The highest BCUT2D eigenvalue weighted by molar-refractivity contribution is 5.90. The number of benzene rings is 2. The van der Waals surface area contributed by atoms with Crippen molar-refractivity contribution in [3.63, 3.8) is 0 Å². The Kier molecular flexibility index (Phi) is 7.81. The van der Waals surface area contributed by atoms with Crippen molar-refractivity contribution in [3.8, 4) is 0 Å². The van der Waals surface area contributed by atoms with Gasteiger partial charge in [-0.1, -0.05) is 55.8 Å². The predicted molar refractivity (Wildman–Crippen MR) is 105 cm³/mol. The molecule has 0 bridgehead atoms. The van der Waals surface area contributed by atoms with E-state index in [9.17, 15) is 9.59 Å². The van der Waals surface area contributed by atoms with Gasteiger partial charge in [-0.2, -0.15) is 0 Å². The molecule has 26 heavy (non-hydrogen) atoms. The van der Waals surface area contributed by atoms with Gasteiger partial charge in [0.25, 0.3) is 0 Å². The van der Waals surface area contributed by atoms with Crippen molar-refractivity contribution in [2.75, 3.05) is 6.61 Å². The lowest BCUT2D eigenvalue weighted by Crippen LogP contribution is -2.08. The van der Waals surface area contributed by atoms with Crippen LogP contribution in [0.5, 0.6) is 0 Å². The number of carbonyl (C=O) groups excluding carboxylic acids is 2. The SMILES string of the molecule is CCCC/C(=C(/C=O)CCOC(=O)c1ccccc1)c1ccccc1C. The van der Waals surface area contributed by atoms with E-state index >= 15 is 0 Å². The number of esters is 1. The van der Waals surface area contributed by atoms with Gasteiger partial charge in [-0.05, 0) is 54.2 Å². The molecule has 136 valence electrons. The molecule has 0 atom stereocenters. The van der Waals surface area contributed by atoms with E-state index in [1.54, 1.807) is 24.3 Å². The first-order valence-electron chi connectivity index (χ1n) is 9.12. The van der Waals surface area contributed by atoms with E-state index in [1.165, 1.54) is 0 Å². The molecular formula is C23H26O3. The van der Waals surface area contributed by atoms with Crippen LogP contribution in [0.1, 0.15) is 54.1 Å². The van der Waals surface area contributed by atoms with Crippen LogP contribution in [0.25, 0.3) is 5.57 Å². The number of aldehydes is 1. The number of ether oxygens (including phenoxy) is 1. The number of unbranched alkanes of at least 4 members (excludes halogenated alkanes) is 1. The number of hydrogen-bond acceptors (Lipinski definition) is 3. The summed E-state index contributed by atoms with van der Waals surface area (Å²) in [6.45, 7) is 4.39. The van der Waals surface area contributed by atoms with Crippen LogP contribution in [0.3, 0.4) is 0 Å². The summed E-state index contributed by atoms with van der Waals surface area (Å²) in [4.78, 5) is 23.8. The fraction of sp³-hybridized carbons (Fsp3) is 0.304. The molecule has 2 rings (SSSR count). The molecule has 0 unspecified atom stereocenters. The van der Waals surface area contributed by atoms with E-state index in [-0.39, 0.29) is 12.6 Å². The van der Waals surface area contributed by atoms with E-state index in [2.05, 4.69) is 26.0 Å². The topological polar surface area (TPSA) is 43.4 Å². The normalized spacial score (nSPS) is 11.6. The van der Waals surface area contributed by atoms with Gasteiger partial charge < -0.3 is 4.74 Å². The van der Waals surface area contributed by atoms with Gasteiger partial charge in [-0.15, -0.1) is 0 Å². The smallest absolute Gasteiger partial charge is 0.338 e. The number of aryl methyl sites for hydroxylation is 1. The van der Waals surface area contributed by atoms with Gasteiger partial charge in [0.05, 0.1) is 12.2 Å². The van der Waals surface area contributed by atoms with Crippen molar-refractivity contribution in [1.29, 1.82) is 0 Å². The molecule has 0 amide bonds. The van der Waals surface area contributed by atoms with Crippen molar-refractivity contribution < 1.29 is 14.3 Å². The standard InChI is InChI=1S/C23H26O3/c1-3-4-13-22(21-14-9-8-10-18(21)2)20(17-24)15-16-26-23(25)19-11-6-5-7-12-19/h5-12,14,17H,3-4,13,15-16H2,1-2H3/b22-20-. The fourth-order valence-electron chi connectivity index (χ4n) is 2.93. The summed E-state index contributed by atoms with van der Waals surface area (Å²) in [6.07, 6.45) is 4.26. The molecule has 0 fully saturated rings. The molecule has 2 aromatic rings. The van der Waals surface area contributed by atoms with Crippen LogP contribution < -0.4 is 0 Å². The Hall–Kier alpha value is -2.68. The van der Waals surface area contributed by atoms with Gasteiger partial charge in [0.2, 0.25) is 0 Å². The molecule has 0 aliphatic carbocycles. The second kappa shape index (κ2) is 10.3. The van der Waals surface area contributed by atoms with Gasteiger partial charge in [0, 0.05) is 6.42 Å². The van der Waals surface area contributed by atoms with E-state index in [0.29, 0.717) is 17.6 Å². The second-order valence-electron chi connectivity index (χ2n) is 6.29. The minimum Gasteiger partial charge on any atom is -0.462 e. The lowest BCUT2D eigenvalue weighted by atomic mass is 9.91. The molecule has 0 aliphatic heterocycles. The number of hydrogen-bond donors (Lipinski definition) is 0. The minimum atomic E-state index is -0.359. The van der Waals surface area contributed by atoms with E-state index in [4.69, 9.17) is 4.74 Å². The molecule has 0 aromatic heterocycles. The summed E-state index contributed by atoms with van der Waals surface area (Å²) in [5.41, 5.74) is 4.57. The zero-order valence-electron chi connectivity index (χ0n) is 15.5. The fourth-order valence-corrected chi connectivity index (χ4v) is 2.93. The van der Waals surface area contributed by atoms with Crippen LogP contribution in [-0.4, -0.2) is 18.9 Å². The van der Waals surface area contributed by atoms with E-state index < -0.39 is 0 Å². The molecule has 0 saturated heterocycles. The van der Waals surface area contributed by atoms with Crippen LogP contribution in [-0.2, 0) is 9.53 Å². The first kappa shape index (κ1) is 19.6. The maximum absolute atomic E-state index is 12.1. The maximum Gasteiger partial charge on any atom is 0.338 e. The highest BCUT2D eigenvalue weighted by Crippen LogP contribution is 2.28. The summed E-state index contributed by atoms with van der Waals surface area (Å²) in [6, 6.07) is 17.0. The Morgan fingerprint density at radius 1 is 1.00 bits per heavy atom. The Bertz CT molecular complexity index is 760. The van der Waals surface area contributed by atoms with Crippen molar-refractivity contribution >= 4 is 17.8 Å². The van der Waals surface area contributed by atoms with Crippen LogP contribution in [0.4, 0.5) is 0 Å². The van der Waals surface area contributed by atoms with Gasteiger partial charge in [0.1, 0.15) is 6.29 Å². The molecule has 3 nitrogen and oxygen atoms in total. The highest BCUT2D eigenvalue weighted by Gasteiger charge is 2.12. The Morgan fingerprint density at radius 3 is 2.35 bits per heavy atom. The Balaban J connectivity index is 2.14. The molecule has 3 heteroatoms. The molecular weight excluding hydrogens is 324 g/mol. The Morgan fingerprint density at radius 2 is 1.69 bits per heavy atom. The van der Waals surface area contributed by atoms with Crippen molar-refractivity contribution in [2.45, 2.75) is 39.5 Å². The zero-order chi connectivity index (χ0) is 18.8. The molecule has 0 radical (unpaired) electrons. The molecule has 0 aliphatic rings. The third kappa shape index (κ3) is 5.41. The number of carbonyl (C=O) groups is 2. The average Bonchev–Trinajstić information content (AvgIpc) is 2.68. The first-order chi connectivity index (χ1) is 12.7. The van der Waals surface area contributed by atoms with Crippen molar-refractivity contribution in [1.82, 2.24) is 0 Å². The molecule has 0 heterocycles. The third-order valence-corrected chi connectivity index (χ3v) is 4.39. The maximum atomic E-state index is 12.1. The van der Waals surface area contributed by atoms with Crippen molar-refractivity contribution in [3.05, 3.63) is 76.9 Å². The number of rotatable bonds is 9. The van der Waals surface area contributed by atoms with Gasteiger partial charge >= 0.3 is 5.97 Å². The summed E-state index contributed by atoms with van der Waals surface area (Å²) < 4.78 is 5.35. The monoisotopic (exact) mass is 350 g/mol.